The van der Waals surface area contributed by atoms with E-state index >= 15 is 0 Å². The number of amides is 2. The fourth-order valence-corrected chi connectivity index (χ4v) is 15.3. The Morgan fingerprint density at radius 2 is 0.938 bits per heavy atom. The highest BCUT2D eigenvalue weighted by Crippen LogP contribution is 2.50. The lowest BCUT2D eigenvalue weighted by molar-refractivity contribution is -0.156. The number of alkyl halides is 8. The van der Waals surface area contributed by atoms with Crippen LogP contribution >= 0.6 is 23.2 Å². The number of aliphatic hydroxyl groups excluding tert-OH is 12. The smallest absolute Gasteiger partial charge is 0.320 e. The first kappa shape index (κ1) is 99.6. The molecular weight excluding hydrogens is 1760 g/mol. The predicted molar refractivity (Wildman–Crippen MR) is 432 cm³/mol. The predicted octanol–water partition coefficient (Wildman–Crippen LogP) is -5.66. The van der Waals surface area contributed by atoms with E-state index in [2.05, 4.69) is 82.1 Å². The summed E-state index contributed by atoms with van der Waals surface area (Å²) in [6.45, 7) is 6.42. The summed E-state index contributed by atoms with van der Waals surface area (Å²) in [5.74, 6) is 1.42. The fourth-order valence-electron chi connectivity index (χ4n) is 14.7. The van der Waals surface area contributed by atoms with Crippen LogP contribution in [0.3, 0.4) is 0 Å². The molecule has 0 saturated carbocycles. The quantitative estimate of drug-likeness (QED) is 0.0230. The van der Waals surface area contributed by atoms with Gasteiger partial charge in [0.05, 0.1) is 81.8 Å². The van der Waals surface area contributed by atoms with Crippen LogP contribution in [0.25, 0.3) is 33.5 Å². The number of nitrogen functional groups attached to an aromatic ring is 2. The molecule has 9 aliphatic heterocycles. The maximum atomic E-state index is 14.4. The number of terminal acetylenes is 3. The minimum Gasteiger partial charge on any atom is -0.397 e. The van der Waals surface area contributed by atoms with Gasteiger partial charge in [0.25, 0.3) is 17.4 Å². The van der Waals surface area contributed by atoms with Crippen LogP contribution in [0, 0.1) is 44.0 Å². The molecule has 2 amide bonds. The maximum absolute atomic E-state index is 14.4. The Morgan fingerprint density at radius 3 is 1.38 bits per heavy atom. The number of imidazole rings is 3. The topological polar surface area (TPSA) is 662 Å². The van der Waals surface area contributed by atoms with E-state index in [9.17, 15) is 117 Å². The Kier molecular flexibility index (Phi) is 29.1. The van der Waals surface area contributed by atoms with Crippen molar-refractivity contribution < 1.29 is 146 Å². The monoisotopic (exact) mass is 1850 g/mol. The summed E-state index contributed by atoms with van der Waals surface area (Å²) in [4.78, 5) is 68.2. The third kappa shape index (κ3) is 16.8. The first-order valence-electron chi connectivity index (χ1n) is 37.6. The number of aliphatic imine (C=N–C) groups is 1. The average molecular weight is 1860 g/mol. The fraction of sp³-hybridized carbons (Fsp3) is 0.500. The summed E-state index contributed by atoms with van der Waals surface area (Å²) in [5.41, 5.74) is -0.274. The van der Waals surface area contributed by atoms with Crippen molar-refractivity contribution in [2.45, 2.75) is 163 Å². The van der Waals surface area contributed by atoms with E-state index in [-0.39, 0.29) is 46.2 Å². The molecule has 15 heterocycles. The molecule has 0 unspecified atom stereocenters. The highest BCUT2D eigenvalue weighted by Gasteiger charge is 2.70. The second-order valence-electron chi connectivity index (χ2n) is 30.7. The number of amidine groups is 1. The van der Waals surface area contributed by atoms with Gasteiger partial charge in [-0.3, -0.25) is 28.1 Å². The van der Waals surface area contributed by atoms with Crippen molar-refractivity contribution in [2.24, 2.45) is 10.7 Å². The molecule has 6 saturated heterocycles. The number of aromatic nitrogens is 10. The molecule has 15 rings (SSSR count). The van der Waals surface area contributed by atoms with Crippen LogP contribution in [-0.4, -0.2) is 357 Å². The van der Waals surface area contributed by atoms with Crippen molar-refractivity contribution in [3.05, 3.63) is 134 Å². The van der Waals surface area contributed by atoms with E-state index in [4.69, 9.17) is 93.2 Å². The van der Waals surface area contributed by atoms with Crippen molar-refractivity contribution in [2.75, 3.05) is 82.9 Å². The summed E-state index contributed by atoms with van der Waals surface area (Å²) in [5, 5.41) is 164. The number of nitrogens with two attached hydrogens (primary N) is 3. The van der Waals surface area contributed by atoms with Gasteiger partial charge in [-0.1, -0.05) is 37.5 Å². The van der Waals surface area contributed by atoms with Crippen molar-refractivity contribution >= 4 is 85.7 Å². The van der Waals surface area contributed by atoms with Gasteiger partial charge in [0, 0.05) is 43.1 Å². The van der Waals surface area contributed by atoms with Gasteiger partial charge in [-0.25, -0.2) is 52.5 Å². The maximum Gasteiger partial charge on any atom is 0.320 e. The zero-order valence-corrected chi connectivity index (χ0v) is 69.1. The summed E-state index contributed by atoms with van der Waals surface area (Å²) >= 11 is 11.5. The number of fused-ring (bicyclic) bond motifs is 3. The first-order chi connectivity index (χ1) is 60.1. The number of nitrogens with one attached hydrogen (secondary N) is 3. The van der Waals surface area contributed by atoms with E-state index < -0.39 is 219 Å². The minimum absolute atomic E-state index is 0.0287. The summed E-state index contributed by atoms with van der Waals surface area (Å²) < 4.78 is 118. The molecule has 52 heteroatoms. The third-order valence-electron chi connectivity index (χ3n) is 22.4. The molecule has 696 valence electrons. The van der Waals surface area contributed by atoms with Crippen molar-refractivity contribution in [1.82, 2.24) is 73.9 Å². The molecule has 0 aromatic carbocycles. The number of rotatable bonds is 17. The van der Waals surface area contributed by atoms with Gasteiger partial charge in [0.15, 0.2) is 99.5 Å². The number of carbonyl (C=O) groups excluding carboxylic acids is 2. The van der Waals surface area contributed by atoms with Crippen LogP contribution in [0.4, 0.5) is 37.7 Å². The highest BCUT2D eigenvalue weighted by atomic mass is 35.5. The molecule has 0 spiro atoms. The number of pyridine rings is 2. The molecule has 0 radical (unpaired) electrons. The molecule has 128 heavy (non-hydrogen) atoms. The number of anilines is 2. The second-order valence-corrected chi connectivity index (χ2v) is 31.3. The number of hydrogen-bond donors (Lipinski definition) is 22. The van der Waals surface area contributed by atoms with Crippen molar-refractivity contribution in [1.29, 1.82) is 0 Å². The zero-order chi connectivity index (χ0) is 95.1. The normalized spacial score (nSPS) is 36.1. The van der Waals surface area contributed by atoms with E-state index in [0.29, 0.717) is 39.5 Å². The molecule has 6 fully saturated rings. The largest absolute Gasteiger partial charge is 0.397 e. The Labute approximate surface area is 730 Å². The van der Waals surface area contributed by atoms with Crippen molar-refractivity contribution in [3.8, 4) is 37.0 Å². The summed E-state index contributed by atoms with van der Waals surface area (Å²) in [7, 11) is 0. The van der Waals surface area contributed by atoms with Crippen LogP contribution < -0.4 is 33.4 Å². The minimum atomic E-state index is -3.83. The van der Waals surface area contributed by atoms with Gasteiger partial charge in [-0.2, -0.15) is 8.78 Å². The number of aliphatic hydroxyl groups is 16. The second kappa shape index (κ2) is 37.5. The SMILES string of the molecule is C#C[C@@]1(O)[C@H](O)[C@](CO)(CCl)O[C@H]1n1cnc2c(N)ccnc21.C#C[C@@]1(O)[C@H](O)[C@](CO)(CF)O[C@H]1N1C=CC(=O)NC1=C.C#C[C@]1(O)[C@H](n2cnc3c(N)ccnc32)O[C@](C)(CO)[C@H]1O.C=C1N=C(N)C=CN1[C@@H]1O[C@@](CO)(CF)[C@@H](O)C1(F)F.C=C1NC(=O)C=CN1[C@@H]1O[C@@](CO)(CF)[C@@H](O)[C@@]1(C)O.Cc1nc2c(ncn2[C@@H]2O[C@@](CO)(CCl)[C@@H](O)[C@H]2F)c(=O)[nH]1. The van der Waals surface area contributed by atoms with Gasteiger partial charge >= 0.3 is 5.92 Å². The van der Waals surface area contributed by atoms with Gasteiger partial charge in [-0.15, -0.1) is 42.5 Å². The highest BCUT2D eigenvalue weighted by molar-refractivity contribution is 6.19. The number of carbonyl (C=O) groups is 2. The molecule has 6 aromatic rings. The molecule has 25 N–H and O–H groups in total. The number of halogens is 8. The van der Waals surface area contributed by atoms with Gasteiger partial charge in [0.2, 0.25) is 6.23 Å². The Hall–Kier alpha value is -10.6. The molecule has 0 aliphatic carbocycles. The lowest BCUT2D eigenvalue weighted by atomic mass is 9.87. The first-order valence-corrected chi connectivity index (χ1v) is 38.7. The van der Waals surface area contributed by atoms with E-state index in [1.54, 1.807) is 19.1 Å². The Bertz CT molecular complexity index is 5480. The molecular formula is C76H91Cl2F6N19O25. The summed E-state index contributed by atoms with van der Waals surface area (Å²) in [6.07, 6.45) is 9.20. The van der Waals surface area contributed by atoms with Gasteiger partial charge in [0.1, 0.15) is 113 Å². The number of H-pyrrole nitrogens is 1. The lowest BCUT2D eigenvalue weighted by Crippen LogP contribution is -2.56. The number of aromatic amines is 1. The van der Waals surface area contributed by atoms with E-state index in [1.165, 1.54) is 88.4 Å². The molecule has 44 nitrogen and oxygen atoms in total. The number of hydrogen-bond acceptors (Lipinski definition) is 38. The van der Waals surface area contributed by atoms with Gasteiger partial charge < -0.3 is 158 Å². The molecule has 23 atom stereocenters. The van der Waals surface area contributed by atoms with Crippen molar-refractivity contribution in [3.63, 3.8) is 0 Å². The van der Waals surface area contributed by atoms with Crippen LogP contribution in [0.15, 0.2) is 127 Å². The van der Waals surface area contributed by atoms with Crippen LogP contribution in [-0.2, 0) is 38.0 Å². The third-order valence-corrected chi connectivity index (χ3v) is 23.3. The molecule has 9 aliphatic rings. The average Bonchev–Trinajstić information content (AvgIpc) is 1.57. The lowest BCUT2D eigenvalue weighted by Gasteiger charge is -2.37. The van der Waals surface area contributed by atoms with Gasteiger partial charge in [-0.05, 0) is 39.0 Å². The van der Waals surface area contributed by atoms with E-state index in [0.717, 1.165) is 22.1 Å². The number of ether oxygens (including phenoxy) is 6. The number of nitrogens with zero attached hydrogens (tertiary/aromatic N) is 13. The number of aryl methyl sites for hydroxylation is 1. The standard InChI is InChI=1S/C14H15ClN4O4.C14H16N4O4.C13H15FN2O5.C12H14ClFN4O4.C12H17FN2O5.C11H14F3N3O3/c1-2-14(22)11(21)13(5-15,6-20)23-12(14)19-7-18-9-8(16)3-4-17-10(9)19;1-3-14(21)11(20)13(2,6-19)22-12(14)18-7-17-9-8(15)4-5-16-10(9)18;1-3-13(20)10(19)12(6-14,7-17)21-11(13)16-5-4-9(18)15-8(16)2;1-5-16-9-7(10(21)17-5)15-4-18(9)11-6(14)8(20)12(2-13,3-19)22-11;1-7-14-8(17)3-4-15(7)10-11(2,19)9(18)12(5-13,6-16)20-10;1-6-16-7(15)2-3-17(6)9-11(13,14)8(19)10(4-12,5-18)20-9/h1,3-4,7,11-12,20-22H,5-6H2,(H2,16,17);1,4-5,7,11-12,19-21H,6H2,2H3,(H2,15,16);1,4-5,10-11,17,19-20H,2,6-7H2,(H,15,18);4,6,8,11,19-20H,2-3H2,1H3,(H,16,17,21);3-4,9-10,16,18-19H,1,5-6H2,2H3,(H,14,17);2-3,8-9,18-19H,1,4-5H2,(H2,15,16)/t2*11-,12-,13-,14-;10-,11-,12-,13-;6-,8+,11-,12-;9-,10+,11+,12+;8-,9-,10-/m111101/s1. The zero-order valence-electron chi connectivity index (χ0n) is 67.5. The van der Waals surface area contributed by atoms with Crippen LogP contribution in [0.1, 0.15) is 38.4 Å². The van der Waals surface area contributed by atoms with Crippen LogP contribution in [0.5, 0.6) is 0 Å². The molecule has 6 aromatic heterocycles. The van der Waals surface area contributed by atoms with E-state index in [1.807, 2.05) is 5.92 Å². The van der Waals surface area contributed by atoms with Crippen LogP contribution in [0.2, 0.25) is 0 Å². The Balaban J connectivity index is 0.000000160. The molecule has 0 bridgehead atoms. The Morgan fingerprint density at radius 1 is 0.523 bits per heavy atom. The summed E-state index contributed by atoms with van der Waals surface area (Å²) in [6, 6.07) is 3.17.